The van der Waals surface area contributed by atoms with Crippen LogP contribution in [0.4, 0.5) is 0 Å². The zero-order valence-electron chi connectivity index (χ0n) is 5.49. The van der Waals surface area contributed by atoms with E-state index in [4.69, 9.17) is 15.9 Å². The summed E-state index contributed by atoms with van der Waals surface area (Å²) < 4.78 is 0. The predicted octanol–water partition coefficient (Wildman–Crippen LogP) is -0.757. The van der Waals surface area contributed by atoms with E-state index in [-0.39, 0.29) is 6.61 Å². The molecule has 3 heteroatoms. The molecule has 0 saturated carbocycles. The lowest BCUT2D eigenvalue weighted by molar-refractivity contribution is 0.144. The first-order chi connectivity index (χ1) is 4.22. The maximum Gasteiger partial charge on any atom is 0.0894 e. The molecule has 0 saturated heterocycles. The molecule has 0 aliphatic rings. The minimum absolute atomic E-state index is 0.189. The number of aliphatic hydroxyl groups is 2. The number of aliphatic hydroxyl groups excluding tert-OH is 2. The van der Waals surface area contributed by atoms with Crippen molar-refractivity contribution in [3.63, 3.8) is 0 Å². The van der Waals surface area contributed by atoms with Crippen LogP contribution in [-0.4, -0.2) is 29.0 Å². The van der Waals surface area contributed by atoms with E-state index in [9.17, 15) is 0 Å². The van der Waals surface area contributed by atoms with E-state index in [1.807, 2.05) is 0 Å². The van der Waals surface area contributed by atoms with E-state index < -0.39 is 12.1 Å². The van der Waals surface area contributed by atoms with Gasteiger partial charge in [0.25, 0.3) is 0 Å². The van der Waals surface area contributed by atoms with Gasteiger partial charge in [-0.15, -0.1) is 0 Å². The monoisotopic (exact) mass is 131 g/mol. The van der Waals surface area contributed by atoms with Crippen molar-refractivity contribution >= 4 is 0 Å². The lowest BCUT2D eigenvalue weighted by Gasteiger charge is -2.10. The molecule has 0 amide bonds. The van der Waals surface area contributed by atoms with Crippen molar-refractivity contribution in [2.45, 2.75) is 19.1 Å². The average Bonchev–Trinajstić information content (AvgIpc) is 1.87. The molecule has 4 N–H and O–H groups in total. The van der Waals surface area contributed by atoms with Crippen LogP contribution >= 0.6 is 0 Å². The van der Waals surface area contributed by atoms with Crippen molar-refractivity contribution in [1.82, 2.24) is 0 Å². The van der Waals surface area contributed by atoms with Crippen molar-refractivity contribution in [2.75, 3.05) is 6.61 Å². The summed E-state index contributed by atoms with van der Waals surface area (Å²) in [5.41, 5.74) is 5.25. The van der Waals surface area contributed by atoms with Crippen molar-refractivity contribution < 1.29 is 10.2 Å². The van der Waals surface area contributed by atoms with Crippen molar-refractivity contribution in [3.05, 3.63) is 12.2 Å². The molecule has 0 heterocycles. The second kappa shape index (κ2) is 4.49. The lowest BCUT2D eigenvalue weighted by atomic mass is 10.2. The highest BCUT2D eigenvalue weighted by Crippen LogP contribution is 1.90. The first-order valence-corrected chi connectivity index (χ1v) is 2.89. The maximum absolute atomic E-state index is 8.95. The molecule has 0 aromatic carbocycles. The van der Waals surface area contributed by atoms with Crippen molar-refractivity contribution in [2.24, 2.45) is 5.73 Å². The minimum atomic E-state index is -0.722. The molecular formula is C6H13NO2. The Morgan fingerprint density at radius 3 is 2.56 bits per heavy atom. The Morgan fingerprint density at radius 1 is 1.67 bits per heavy atom. The maximum atomic E-state index is 8.95. The second-order valence-electron chi connectivity index (χ2n) is 1.86. The molecule has 0 radical (unpaired) electrons. The van der Waals surface area contributed by atoms with Crippen LogP contribution in [0, 0.1) is 0 Å². The van der Waals surface area contributed by atoms with Gasteiger partial charge in [0.1, 0.15) is 0 Å². The van der Waals surface area contributed by atoms with Gasteiger partial charge in [-0.05, 0) is 6.92 Å². The smallest absolute Gasteiger partial charge is 0.0894 e. The number of nitrogens with two attached hydrogens (primary N) is 1. The summed E-state index contributed by atoms with van der Waals surface area (Å²) in [5.74, 6) is 0. The van der Waals surface area contributed by atoms with Crippen LogP contribution in [0.2, 0.25) is 0 Å². The Labute approximate surface area is 54.8 Å². The summed E-state index contributed by atoms with van der Waals surface area (Å²) in [4.78, 5) is 0. The van der Waals surface area contributed by atoms with Gasteiger partial charge in [0, 0.05) is 0 Å². The van der Waals surface area contributed by atoms with Gasteiger partial charge >= 0.3 is 0 Å². The number of hydrogen-bond acceptors (Lipinski definition) is 3. The first-order valence-electron chi connectivity index (χ1n) is 2.89. The first kappa shape index (κ1) is 8.62. The van der Waals surface area contributed by atoms with Gasteiger partial charge in [-0.3, -0.25) is 0 Å². The van der Waals surface area contributed by atoms with Crippen LogP contribution in [0.25, 0.3) is 0 Å². The quantitative estimate of drug-likeness (QED) is 0.441. The van der Waals surface area contributed by atoms with Gasteiger partial charge < -0.3 is 15.9 Å². The van der Waals surface area contributed by atoms with Crippen LogP contribution < -0.4 is 5.73 Å². The number of hydrogen-bond donors (Lipinski definition) is 3. The van der Waals surface area contributed by atoms with E-state index in [0.29, 0.717) is 0 Å². The van der Waals surface area contributed by atoms with Crippen LogP contribution in [0.3, 0.4) is 0 Å². The molecular weight excluding hydrogens is 118 g/mol. The highest BCUT2D eigenvalue weighted by atomic mass is 16.3. The van der Waals surface area contributed by atoms with E-state index in [1.54, 1.807) is 19.1 Å². The SMILES string of the molecule is C/C=C/[C@@H](O)[C@H](N)CO. The summed E-state index contributed by atoms with van der Waals surface area (Å²) in [6, 6.07) is -0.554. The van der Waals surface area contributed by atoms with Gasteiger partial charge in [0.15, 0.2) is 0 Å². The predicted molar refractivity (Wildman–Crippen MR) is 35.9 cm³/mol. The van der Waals surface area contributed by atoms with Crippen molar-refractivity contribution in [3.8, 4) is 0 Å². The Balaban J connectivity index is 3.58. The molecule has 54 valence electrons. The molecule has 3 nitrogen and oxygen atoms in total. The second-order valence-corrected chi connectivity index (χ2v) is 1.86. The van der Waals surface area contributed by atoms with Crippen LogP contribution in [-0.2, 0) is 0 Å². The number of allylic oxidation sites excluding steroid dienone is 1. The van der Waals surface area contributed by atoms with Gasteiger partial charge in [0.05, 0.1) is 18.8 Å². The van der Waals surface area contributed by atoms with Crippen LogP contribution in [0.1, 0.15) is 6.92 Å². The Morgan fingerprint density at radius 2 is 2.22 bits per heavy atom. The largest absolute Gasteiger partial charge is 0.395 e. The Hall–Kier alpha value is -0.380. The van der Waals surface area contributed by atoms with Gasteiger partial charge in [-0.1, -0.05) is 12.2 Å². The standard InChI is InChI=1S/C6H13NO2/c1-2-3-6(9)5(7)4-8/h2-3,5-6,8-9H,4,7H2,1H3/b3-2+/t5-,6-/m1/s1. The summed E-state index contributed by atoms with van der Waals surface area (Å²) >= 11 is 0. The van der Waals surface area contributed by atoms with E-state index in [1.165, 1.54) is 0 Å². The zero-order chi connectivity index (χ0) is 7.28. The number of rotatable bonds is 3. The molecule has 0 spiro atoms. The molecule has 9 heavy (non-hydrogen) atoms. The fourth-order valence-electron chi connectivity index (χ4n) is 0.448. The topological polar surface area (TPSA) is 66.5 Å². The third kappa shape index (κ3) is 3.24. The molecule has 2 atom stereocenters. The Kier molecular flexibility index (Phi) is 4.30. The molecule has 0 aromatic rings. The molecule has 0 aromatic heterocycles. The van der Waals surface area contributed by atoms with Gasteiger partial charge in [-0.2, -0.15) is 0 Å². The minimum Gasteiger partial charge on any atom is -0.395 e. The fourth-order valence-corrected chi connectivity index (χ4v) is 0.448. The summed E-state index contributed by atoms with van der Waals surface area (Å²) in [5, 5.41) is 17.4. The van der Waals surface area contributed by atoms with Crippen LogP contribution in [0.5, 0.6) is 0 Å². The highest BCUT2D eigenvalue weighted by molar-refractivity contribution is 4.91. The summed E-state index contributed by atoms with van der Waals surface area (Å²) in [7, 11) is 0. The van der Waals surface area contributed by atoms with E-state index in [0.717, 1.165) is 0 Å². The van der Waals surface area contributed by atoms with Crippen LogP contribution in [0.15, 0.2) is 12.2 Å². The molecule has 0 aliphatic carbocycles. The molecule has 0 rings (SSSR count). The summed E-state index contributed by atoms with van der Waals surface area (Å²) in [6.45, 7) is 1.60. The summed E-state index contributed by atoms with van der Waals surface area (Å²) in [6.07, 6.45) is 2.51. The third-order valence-electron chi connectivity index (χ3n) is 1.04. The lowest BCUT2D eigenvalue weighted by Crippen LogP contribution is -2.36. The van der Waals surface area contributed by atoms with Crippen molar-refractivity contribution in [1.29, 1.82) is 0 Å². The molecule has 0 fully saturated rings. The van der Waals surface area contributed by atoms with E-state index >= 15 is 0 Å². The zero-order valence-corrected chi connectivity index (χ0v) is 5.49. The third-order valence-corrected chi connectivity index (χ3v) is 1.04. The molecule has 0 aliphatic heterocycles. The molecule has 0 unspecified atom stereocenters. The average molecular weight is 131 g/mol. The fraction of sp³-hybridized carbons (Fsp3) is 0.667. The molecule has 0 bridgehead atoms. The van der Waals surface area contributed by atoms with E-state index in [2.05, 4.69) is 0 Å². The highest BCUT2D eigenvalue weighted by Gasteiger charge is 2.07. The van der Waals surface area contributed by atoms with Gasteiger partial charge in [0.2, 0.25) is 0 Å². The van der Waals surface area contributed by atoms with Gasteiger partial charge in [-0.25, -0.2) is 0 Å². The normalized spacial score (nSPS) is 18.2. The Bertz CT molecular complexity index is 93.1.